The molecule has 1 aromatic carbocycles. The molecule has 1 saturated carbocycles. The first-order valence-corrected chi connectivity index (χ1v) is 10.7. The van der Waals surface area contributed by atoms with Crippen LogP contribution in [0.25, 0.3) is 0 Å². The summed E-state index contributed by atoms with van der Waals surface area (Å²) in [6.45, 7) is 7.83. The lowest BCUT2D eigenvalue weighted by Crippen LogP contribution is -2.57. The predicted molar refractivity (Wildman–Crippen MR) is 114 cm³/mol. The SMILES string of the molecule is COc1ccc([C@H]2C3=C(CC(C)(C)CC3=O)OC23C(=O)CC(C)(C)CC3=O)cc1OC. The van der Waals surface area contributed by atoms with E-state index in [1.54, 1.807) is 25.3 Å². The van der Waals surface area contributed by atoms with Gasteiger partial charge in [0, 0.05) is 31.3 Å². The van der Waals surface area contributed by atoms with Gasteiger partial charge in [0.2, 0.25) is 5.60 Å². The molecule has 1 heterocycles. The van der Waals surface area contributed by atoms with Gasteiger partial charge in [-0.2, -0.15) is 0 Å². The van der Waals surface area contributed by atoms with Gasteiger partial charge in [0.25, 0.3) is 0 Å². The smallest absolute Gasteiger partial charge is 0.234 e. The molecule has 0 amide bonds. The van der Waals surface area contributed by atoms with E-state index in [9.17, 15) is 14.4 Å². The van der Waals surface area contributed by atoms with Crippen LogP contribution in [0.5, 0.6) is 11.5 Å². The maximum absolute atomic E-state index is 13.6. The lowest BCUT2D eigenvalue weighted by Gasteiger charge is -2.41. The van der Waals surface area contributed by atoms with Crippen LogP contribution in [-0.4, -0.2) is 37.2 Å². The number of hydrogen-bond donors (Lipinski definition) is 0. The van der Waals surface area contributed by atoms with Crippen molar-refractivity contribution in [3.05, 3.63) is 35.1 Å². The Bertz CT molecular complexity index is 993. The second kappa shape index (κ2) is 6.94. The van der Waals surface area contributed by atoms with E-state index < -0.39 is 16.9 Å². The van der Waals surface area contributed by atoms with Crippen molar-refractivity contribution in [3.63, 3.8) is 0 Å². The van der Waals surface area contributed by atoms with E-state index in [1.165, 1.54) is 7.11 Å². The normalized spacial score (nSPS) is 26.0. The van der Waals surface area contributed by atoms with Crippen LogP contribution in [-0.2, 0) is 19.1 Å². The third-order valence-electron chi connectivity index (χ3n) is 6.71. The van der Waals surface area contributed by atoms with E-state index in [1.807, 2.05) is 27.7 Å². The summed E-state index contributed by atoms with van der Waals surface area (Å²) < 4.78 is 17.1. The Morgan fingerprint density at radius 1 is 0.839 bits per heavy atom. The van der Waals surface area contributed by atoms with Crippen LogP contribution < -0.4 is 9.47 Å². The Labute approximate surface area is 182 Å². The van der Waals surface area contributed by atoms with Gasteiger partial charge in [-0.1, -0.05) is 33.8 Å². The van der Waals surface area contributed by atoms with E-state index in [-0.39, 0.29) is 35.6 Å². The molecule has 6 nitrogen and oxygen atoms in total. The summed E-state index contributed by atoms with van der Waals surface area (Å²) in [6, 6.07) is 5.28. The van der Waals surface area contributed by atoms with Gasteiger partial charge in [0.15, 0.2) is 28.8 Å². The molecule has 1 aromatic rings. The second-order valence-electron chi connectivity index (χ2n) is 10.5. The summed E-state index contributed by atoms with van der Waals surface area (Å²) >= 11 is 0. The Morgan fingerprint density at radius 2 is 1.42 bits per heavy atom. The van der Waals surface area contributed by atoms with Crippen LogP contribution >= 0.6 is 0 Å². The van der Waals surface area contributed by atoms with Gasteiger partial charge in [-0.25, -0.2) is 0 Å². The minimum absolute atomic E-state index is 0.0617. The zero-order valence-corrected chi connectivity index (χ0v) is 19.1. The van der Waals surface area contributed by atoms with Crippen molar-refractivity contribution in [2.45, 2.75) is 64.9 Å². The Morgan fingerprint density at radius 3 is 2.00 bits per heavy atom. The maximum atomic E-state index is 13.6. The monoisotopic (exact) mass is 426 g/mol. The molecular weight excluding hydrogens is 396 g/mol. The number of hydrogen-bond acceptors (Lipinski definition) is 6. The van der Waals surface area contributed by atoms with Gasteiger partial charge in [-0.15, -0.1) is 0 Å². The van der Waals surface area contributed by atoms with Crippen LogP contribution in [0.1, 0.15) is 64.9 Å². The van der Waals surface area contributed by atoms with Gasteiger partial charge in [-0.3, -0.25) is 14.4 Å². The third kappa shape index (κ3) is 3.27. The molecular formula is C25H30O6. The summed E-state index contributed by atoms with van der Waals surface area (Å²) in [5, 5.41) is 0. The van der Waals surface area contributed by atoms with E-state index in [0.717, 1.165) is 0 Å². The zero-order chi connectivity index (χ0) is 22.8. The van der Waals surface area contributed by atoms with Crippen molar-refractivity contribution < 1.29 is 28.6 Å². The van der Waals surface area contributed by atoms with Crippen molar-refractivity contribution in [1.29, 1.82) is 0 Å². The highest BCUT2D eigenvalue weighted by Gasteiger charge is 2.65. The number of carbonyl (C=O) groups is 3. The lowest BCUT2D eigenvalue weighted by atomic mass is 9.61. The average molecular weight is 427 g/mol. The first kappa shape index (κ1) is 21.6. The molecule has 0 N–H and O–H groups in total. The van der Waals surface area contributed by atoms with Gasteiger partial charge < -0.3 is 14.2 Å². The summed E-state index contributed by atoms with van der Waals surface area (Å²) in [5.74, 6) is 0.149. The molecule has 31 heavy (non-hydrogen) atoms. The third-order valence-corrected chi connectivity index (χ3v) is 6.71. The van der Waals surface area contributed by atoms with Crippen LogP contribution in [0.3, 0.4) is 0 Å². The van der Waals surface area contributed by atoms with E-state index in [2.05, 4.69) is 0 Å². The van der Waals surface area contributed by atoms with Crippen LogP contribution in [0.2, 0.25) is 0 Å². The molecule has 2 aliphatic carbocycles. The summed E-state index contributed by atoms with van der Waals surface area (Å²) in [6.07, 6.45) is 1.31. The summed E-state index contributed by atoms with van der Waals surface area (Å²) in [5.41, 5.74) is -1.29. The largest absolute Gasteiger partial charge is 0.493 e. The van der Waals surface area contributed by atoms with Gasteiger partial charge >= 0.3 is 0 Å². The van der Waals surface area contributed by atoms with E-state index in [4.69, 9.17) is 14.2 Å². The molecule has 0 radical (unpaired) electrons. The number of allylic oxidation sites excluding steroid dienone is 1. The van der Waals surface area contributed by atoms with Crippen LogP contribution in [0.4, 0.5) is 0 Å². The molecule has 3 aliphatic rings. The quantitative estimate of drug-likeness (QED) is 0.676. The molecule has 0 saturated heterocycles. The summed E-state index contributed by atoms with van der Waals surface area (Å²) in [4.78, 5) is 40.5. The first-order valence-electron chi connectivity index (χ1n) is 10.7. The lowest BCUT2D eigenvalue weighted by molar-refractivity contribution is -0.160. The van der Waals surface area contributed by atoms with Crippen molar-refractivity contribution in [2.24, 2.45) is 10.8 Å². The Balaban J connectivity index is 1.92. The van der Waals surface area contributed by atoms with Crippen LogP contribution in [0, 0.1) is 10.8 Å². The highest BCUT2D eigenvalue weighted by atomic mass is 16.5. The minimum atomic E-state index is -1.68. The maximum Gasteiger partial charge on any atom is 0.234 e. The predicted octanol–water partition coefficient (Wildman–Crippen LogP) is 4.16. The van der Waals surface area contributed by atoms with Gasteiger partial charge in [-0.05, 0) is 28.5 Å². The van der Waals surface area contributed by atoms with Crippen molar-refractivity contribution >= 4 is 17.3 Å². The molecule has 166 valence electrons. The second-order valence-corrected chi connectivity index (χ2v) is 10.5. The highest BCUT2D eigenvalue weighted by molar-refractivity contribution is 6.17. The topological polar surface area (TPSA) is 78.9 Å². The number of benzene rings is 1. The Hall–Kier alpha value is -2.63. The highest BCUT2D eigenvalue weighted by Crippen LogP contribution is 2.57. The first-order chi connectivity index (χ1) is 14.4. The number of ether oxygens (including phenoxy) is 3. The van der Waals surface area contributed by atoms with Crippen molar-refractivity contribution in [3.8, 4) is 11.5 Å². The fourth-order valence-electron chi connectivity index (χ4n) is 5.37. The van der Waals surface area contributed by atoms with Crippen LogP contribution in [0.15, 0.2) is 29.5 Å². The van der Waals surface area contributed by atoms with Gasteiger partial charge in [0.05, 0.1) is 20.1 Å². The number of methoxy groups -OCH3 is 2. The molecule has 0 unspecified atom stereocenters. The number of carbonyl (C=O) groups excluding carboxylic acids is 3. The molecule has 1 aliphatic heterocycles. The average Bonchev–Trinajstić information content (AvgIpc) is 3.00. The van der Waals surface area contributed by atoms with Crippen molar-refractivity contribution in [1.82, 2.24) is 0 Å². The molecule has 0 bridgehead atoms. The number of ketones is 3. The number of rotatable bonds is 3. The molecule has 1 spiro atoms. The Kier molecular flexibility index (Phi) is 4.83. The molecule has 6 heteroatoms. The molecule has 4 rings (SSSR count). The van der Waals surface area contributed by atoms with E-state index in [0.29, 0.717) is 41.2 Å². The molecule has 1 fully saturated rings. The fraction of sp³-hybridized carbons (Fsp3) is 0.560. The van der Waals surface area contributed by atoms with Gasteiger partial charge in [0.1, 0.15) is 5.76 Å². The number of Topliss-reactive ketones (excluding diaryl/α,β-unsaturated/α-hetero) is 3. The van der Waals surface area contributed by atoms with E-state index >= 15 is 0 Å². The minimum Gasteiger partial charge on any atom is -0.493 e. The van der Waals surface area contributed by atoms with Crippen molar-refractivity contribution in [2.75, 3.05) is 14.2 Å². The molecule has 0 aromatic heterocycles. The standard InChI is InChI=1S/C25H30O6/c1-23(2)10-15(26)21-18(11-23)31-25(19(27)12-24(3,4)13-20(25)28)22(21)14-7-8-16(29-5)17(9-14)30-6/h7-9,22H,10-13H2,1-6H3/t22-/m0/s1. The molecule has 1 atom stereocenters. The summed E-state index contributed by atoms with van der Waals surface area (Å²) in [7, 11) is 3.07. The fourth-order valence-corrected chi connectivity index (χ4v) is 5.37. The zero-order valence-electron chi connectivity index (χ0n) is 19.1.